The molecule has 0 spiro atoms. The fourth-order valence-corrected chi connectivity index (χ4v) is 2.46. The van der Waals surface area contributed by atoms with Crippen LogP contribution in [-0.4, -0.2) is 17.2 Å². The van der Waals surface area contributed by atoms with Crippen molar-refractivity contribution in [1.29, 1.82) is 0 Å². The lowest BCUT2D eigenvalue weighted by molar-refractivity contribution is 0.322. The van der Waals surface area contributed by atoms with Gasteiger partial charge in [-0.25, -0.2) is 0 Å². The summed E-state index contributed by atoms with van der Waals surface area (Å²) in [7, 11) is 0. The van der Waals surface area contributed by atoms with Crippen molar-refractivity contribution in [3.8, 4) is 0 Å². The minimum Gasteiger partial charge on any atom is -0.411 e. The van der Waals surface area contributed by atoms with E-state index in [-0.39, 0.29) is 0 Å². The van der Waals surface area contributed by atoms with E-state index in [2.05, 4.69) is 38.1 Å². The van der Waals surface area contributed by atoms with Crippen molar-refractivity contribution in [3.05, 3.63) is 29.3 Å². The molecule has 0 amide bonds. The second-order valence-electron chi connectivity index (χ2n) is 3.63. The minimum atomic E-state index is 0.527. The summed E-state index contributed by atoms with van der Waals surface area (Å²) >= 11 is 1.83. The Morgan fingerprint density at radius 3 is 2.73 bits per heavy atom. The van der Waals surface area contributed by atoms with Crippen LogP contribution in [0.25, 0.3) is 0 Å². The van der Waals surface area contributed by atoms with Crippen LogP contribution in [0.2, 0.25) is 0 Å². The Morgan fingerprint density at radius 2 is 2.20 bits per heavy atom. The Balaban J connectivity index is 3.08. The van der Waals surface area contributed by atoms with Gasteiger partial charge >= 0.3 is 0 Å². The molecule has 0 saturated heterocycles. The summed E-state index contributed by atoms with van der Waals surface area (Å²) in [4.78, 5) is 1.28. The molecule has 82 valence electrons. The van der Waals surface area contributed by atoms with Gasteiger partial charge in [0.1, 0.15) is 0 Å². The molecule has 0 aliphatic heterocycles. The van der Waals surface area contributed by atoms with Gasteiger partial charge in [-0.2, -0.15) is 0 Å². The summed E-state index contributed by atoms with van der Waals surface area (Å²) in [5, 5.41) is 11.5. The maximum absolute atomic E-state index is 8.48. The predicted molar refractivity (Wildman–Crippen MR) is 66.3 cm³/mol. The van der Waals surface area contributed by atoms with Crippen LogP contribution in [-0.2, 0) is 0 Å². The third-order valence-electron chi connectivity index (χ3n) is 2.17. The fraction of sp³-hybridized carbons (Fsp3) is 0.417. The quantitative estimate of drug-likeness (QED) is 0.365. The van der Waals surface area contributed by atoms with E-state index in [0.29, 0.717) is 5.92 Å². The summed E-state index contributed by atoms with van der Waals surface area (Å²) in [5.74, 6) is 1.58. The standard InChI is InChI=1S/C12H17NOS/c1-4-15-12-7-10(8-13-14)5-6-11(12)9(2)3/h5-9,14H,4H2,1-3H3/b13-8+. The maximum Gasteiger partial charge on any atom is 0.0734 e. The van der Waals surface area contributed by atoms with Crippen LogP contribution in [0.4, 0.5) is 0 Å². The number of nitrogens with zero attached hydrogens (tertiary/aromatic N) is 1. The largest absolute Gasteiger partial charge is 0.411 e. The monoisotopic (exact) mass is 223 g/mol. The summed E-state index contributed by atoms with van der Waals surface area (Å²) in [6.07, 6.45) is 1.46. The Kier molecular flexibility index (Phi) is 4.69. The highest BCUT2D eigenvalue weighted by molar-refractivity contribution is 7.99. The van der Waals surface area contributed by atoms with E-state index in [1.165, 1.54) is 16.7 Å². The summed E-state index contributed by atoms with van der Waals surface area (Å²) in [5.41, 5.74) is 2.30. The highest BCUT2D eigenvalue weighted by Crippen LogP contribution is 2.29. The third kappa shape index (κ3) is 3.27. The summed E-state index contributed by atoms with van der Waals surface area (Å²) < 4.78 is 0. The Hall–Kier alpha value is -0.960. The third-order valence-corrected chi connectivity index (χ3v) is 3.12. The summed E-state index contributed by atoms with van der Waals surface area (Å²) in [6, 6.07) is 6.16. The average molecular weight is 223 g/mol. The molecule has 0 saturated carbocycles. The van der Waals surface area contributed by atoms with E-state index in [1.54, 1.807) is 0 Å². The molecule has 0 heterocycles. The van der Waals surface area contributed by atoms with Crippen molar-refractivity contribution in [3.63, 3.8) is 0 Å². The SMILES string of the molecule is CCSc1cc(/C=N/O)ccc1C(C)C. The van der Waals surface area contributed by atoms with Crippen LogP contribution >= 0.6 is 11.8 Å². The smallest absolute Gasteiger partial charge is 0.0734 e. The average Bonchev–Trinajstić information content (AvgIpc) is 2.18. The number of rotatable bonds is 4. The van der Waals surface area contributed by atoms with Gasteiger partial charge in [-0.1, -0.05) is 38.1 Å². The number of hydrogen-bond acceptors (Lipinski definition) is 3. The van der Waals surface area contributed by atoms with Crippen LogP contribution in [0.15, 0.2) is 28.3 Å². The zero-order valence-electron chi connectivity index (χ0n) is 9.40. The first kappa shape index (κ1) is 12.1. The van der Waals surface area contributed by atoms with Crippen LogP contribution in [0, 0.1) is 0 Å². The van der Waals surface area contributed by atoms with Crippen LogP contribution in [0.3, 0.4) is 0 Å². The molecule has 15 heavy (non-hydrogen) atoms. The van der Waals surface area contributed by atoms with Crippen molar-refractivity contribution in [2.75, 3.05) is 5.75 Å². The first-order chi connectivity index (χ1) is 7.19. The van der Waals surface area contributed by atoms with Gasteiger partial charge in [0.05, 0.1) is 6.21 Å². The number of thioether (sulfide) groups is 1. The lowest BCUT2D eigenvalue weighted by Crippen LogP contribution is -1.93. The van der Waals surface area contributed by atoms with Crippen molar-refractivity contribution >= 4 is 18.0 Å². The van der Waals surface area contributed by atoms with E-state index in [4.69, 9.17) is 5.21 Å². The topological polar surface area (TPSA) is 32.6 Å². The van der Waals surface area contributed by atoms with Crippen molar-refractivity contribution in [1.82, 2.24) is 0 Å². The second kappa shape index (κ2) is 5.81. The van der Waals surface area contributed by atoms with Gasteiger partial charge in [-0.05, 0) is 28.9 Å². The van der Waals surface area contributed by atoms with Crippen LogP contribution in [0.5, 0.6) is 0 Å². The van der Waals surface area contributed by atoms with E-state index in [0.717, 1.165) is 11.3 Å². The normalized spacial score (nSPS) is 11.5. The second-order valence-corrected chi connectivity index (χ2v) is 4.94. The van der Waals surface area contributed by atoms with Crippen molar-refractivity contribution in [2.24, 2.45) is 5.16 Å². The zero-order valence-corrected chi connectivity index (χ0v) is 10.2. The minimum absolute atomic E-state index is 0.527. The number of oxime groups is 1. The zero-order chi connectivity index (χ0) is 11.3. The summed E-state index contributed by atoms with van der Waals surface area (Å²) in [6.45, 7) is 6.52. The molecular formula is C12H17NOS. The fourth-order valence-electron chi connectivity index (χ4n) is 1.46. The van der Waals surface area contributed by atoms with Gasteiger partial charge in [0.2, 0.25) is 0 Å². The van der Waals surface area contributed by atoms with Gasteiger partial charge < -0.3 is 5.21 Å². The van der Waals surface area contributed by atoms with E-state index in [1.807, 2.05) is 17.8 Å². The molecule has 0 aromatic heterocycles. The van der Waals surface area contributed by atoms with E-state index < -0.39 is 0 Å². The lowest BCUT2D eigenvalue weighted by Gasteiger charge is -2.12. The Labute approximate surface area is 95.4 Å². The molecule has 0 radical (unpaired) electrons. The molecule has 2 nitrogen and oxygen atoms in total. The van der Waals surface area contributed by atoms with Crippen LogP contribution < -0.4 is 0 Å². The molecule has 1 N–H and O–H groups in total. The maximum atomic E-state index is 8.48. The van der Waals surface area contributed by atoms with Gasteiger partial charge in [-0.3, -0.25) is 0 Å². The molecular weight excluding hydrogens is 206 g/mol. The molecule has 0 aliphatic rings. The number of hydrogen-bond donors (Lipinski definition) is 1. The molecule has 3 heteroatoms. The van der Waals surface area contributed by atoms with Crippen LogP contribution in [0.1, 0.15) is 37.8 Å². The van der Waals surface area contributed by atoms with Gasteiger partial charge in [0, 0.05) is 4.90 Å². The highest BCUT2D eigenvalue weighted by Gasteiger charge is 2.06. The molecule has 0 unspecified atom stereocenters. The molecule has 0 bridgehead atoms. The van der Waals surface area contributed by atoms with E-state index in [9.17, 15) is 0 Å². The van der Waals surface area contributed by atoms with E-state index >= 15 is 0 Å². The van der Waals surface area contributed by atoms with Gasteiger partial charge in [-0.15, -0.1) is 11.8 Å². The van der Waals surface area contributed by atoms with Gasteiger partial charge in [0.25, 0.3) is 0 Å². The van der Waals surface area contributed by atoms with Crippen molar-refractivity contribution in [2.45, 2.75) is 31.6 Å². The Morgan fingerprint density at radius 1 is 1.47 bits per heavy atom. The molecule has 1 aromatic rings. The molecule has 0 aliphatic carbocycles. The van der Waals surface area contributed by atoms with Crippen molar-refractivity contribution < 1.29 is 5.21 Å². The predicted octanol–water partition coefficient (Wildman–Crippen LogP) is 3.73. The molecule has 0 atom stereocenters. The lowest BCUT2D eigenvalue weighted by atomic mass is 10.0. The molecule has 1 rings (SSSR count). The highest BCUT2D eigenvalue weighted by atomic mass is 32.2. The Bertz CT molecular complexity index is 347. The molecule has 1 aromatic carbocycles. The molecule has 0 fully saturated rings. The first-order valence-corrected chi connectivity index (χ1v) is 6.11. The number of benzene rings is 1. The van der Waals surface area contributed by atoms with Gasteiger partial charge in [0.15, 0.2) is 0 Å². The first-order valence-electron chi connectivity index (χ1n) is 5.13.